The summed E-state index contributed by atoms with van der Waals surface area (Å²) < 4.78 is 1.69. The highest BCUT2D eigenvalue weighted by Crippen LogP contribution is 2.43. The van der Waals surface area contributed by atoms with Crippen LogP contribution in [0.3, 0.4) is 0 Å². The maximum absolute atomic E-state index is 12.3. The summed E-state index contributed by atoms with van der Waals surface area (Å²) in [7, 11) is 0. The van der Waals surface area contributed by atoms with Gasteiger partial charge in [0.25, 0.3) is 0 Å². The lowest BCUT2D eigenvalue weighted by Crippen LogP contribution is -2.25. The minimum atomic E-state index is 0.112. The molecular weight excluding hydrogens is 264 g/mol. The van der Waals surface area contributed by atoms with E-state index in [4.69, 9.17) is 0 Å². The van der Waals surface area contributed by atoms with Gasteiger partial charge in [-0.1, -0.05) is 12.2 Å². The molecule has 2 aromatic rings. The second kappa shape index (κ2) is 4.84. The first-order valence-electron chi connectivity index (χ1n) is 7.25. The van der Waals surface area contributed by atoms with E-state index in [1.807, 2.05) is 24.4 Å². The van der Waals surface area contributed by atoms with E-state index < -0.39 is 0 Å². The van der Waals surface area contributed by atoms with Crippen LogP contribution >= 0.6 is 0 Å². The number of hydrogen-bond donors (Lipinski definition) is 1. The van der Waals surface area contributed by atoms with E-state index in [2.05, 4.69) is 27.6 Å². The molecule has 0 aliphatic heterocycles. The van der Waals surface area contributed by atoms with Gasteiger partial charge in [-0.15, -0.1) is 0 Å². The quantitative estimate of drug-likeness (QED) is 0.878. The molecule has 2 aliphatic carbocycles. The van der Waals surface area contributed by atoms with Crippen molar-refractivity contribution in [1.82, 2.24) is 14.8 Å². The van der Waals surface area contributed by atoms with Crippen molar-refractivity contribution in [1.29, 1.82) is 0 Å². The Morgan fingerprint density at radius 3 is 2.86 bits per heavy atom. The predicted molar refractivity (Wildman–Crippen MR) is 78.8 cm³/mol. The van der Waals surface area contributed by atoms with Crippen molar-refractivity contribution in [3.05, 3.63) is 48.9 Å². The first-order valence-corrected chi connectivity index (χ1v) is 7.25. The van der Waals surface area contributed by atoms with Crippen molar-refractivity contribution in [3.63, 3.8) is 0 Å². The summed E-state index contributed by atoms with van der Waals surface area (Å²) in [4.78, 5) is 16.6. The van der Waals surface area contributed by atoms with Gasteiger partial charge in [0, 0.05) is 18.3 Å². The second-order valence-corrected chi connectivity index (χ2v) is 5.73. The lowest BCUT2D eigenvalue weighted by molar-refractivity contribution is -0.120. The van der Waals surface area contributed by atoms with Crippen LogP contribution in [0.2, 0.25) is 0 Å². The standard InChI is InChI=1S/C16H16N4O/c21-16(14-9-11-2-3-12(14)8-11)19-13-4-5-15(17-10-13)20-7-1-6-18-20/h1-7,10-12,14H,8-9H2,(H,19,21). The molecule has 21 heavy (non-hydrogen) atoms. The lowest BCUT2D eigenvalue weighted by atomic mass is 9.93. The fourth-order valence-electron chi connectivity index (χ4n) is 3.32. The Bertz CT molecular complexity index is 675. The first-order chi connectivity index (χ1) is 10.3. The van der Waals surface area contributed by atoms with E-state index in [0.29, 0.717) is 11.8 Å². The molecule has 1 saturated carbocycles. The van der Waals surface area contributed by atoms with Crippen LogP contribution < -0.4 is 5.32 Å². The average Bonchev–Trinajstić information content (AvgIpc) is 3.25. The molecule has 2 aromatic heterocycles. The molecule has 2 bridgehead atoms. The van der Waals surface area contributed by atoms with E-state index in [0.717, 1.165) is 24.3 Å². The summed E-state index contributed by atoms with van der Waals surface area (Å²) in [6, 6.07) is 5.56. The zero-order chi connectivity index (χ0) is 14.2. The molecule has 3 atom stereocenters. The number of nitrogens with one attached hydrogen (secondary N) is 1. The summed E-state index contributed by atoms with van der Waals surface area (Å²) >= 11 is 0. The topological polar surface area (TPSA) is 59.8 Å². The van der Waals surface area contributed by atoms with Crippen LogP contribution in [-0.4, -0.2) is 20.7 Å². The minimum Gasteiger partial charge on any atom is -0.324 e. The fourth-order valence-corrected chi connectivity index (χ4v) is 3.32. The summed E-state index contributed by atoms with van der Waals surface area (Å²) in [6.07, 6.45) is 11.8. The maximum atomic E-state index is 12.3. The summed E-state index contributed by atoms with van der Waals surface area (Å²) in [6.45, 7) is 0. The molecule has 106 valence electrons. The SMILES string of the molecule is O=C(Nc1ccc(-n2cccn2)nc1)C1CC2C=CC1C2. The fraction of sp³-hybridized carbons (Fsp3) is 0.312. The van der Waals surface area contributed by atoms with E-state index >= 15 is 0 Å². The van der Waals surface area contributed by atoms with Crippen LogP contribution in [0.15, 0.2) is 48.9 Å². The zero-order valence-electron chi connectivity index (χ0n) is 11.5. The number of allylic oxidation sites excluding steroid dienone is 2. The van der Waals surface area contributed by atoms with Gasteiger partial charge in [0.2, 0.25) is 5.91 Å². The Morgan fingerprint density at radius 2 is 2.24 bits per heavy atom. The highest BCUT2D eigenvalue weighted by molar-refractivity contribution is 5.93. The smallest absolute Gasteiger partial charge is 0.228 e. The van der Waals surface area contributed by atoms with Crippen LogP contribution in [0.5, 0.6) is 0 Å². The predicted octanol–water partition coefficient (Wildman–Crippen LogP) is 2.42. The molecule has 2 aliphatic rings. The molecule has 1 fully saturated rings. The second-order valence-electron chi connectivity index (χ2n) is 5.73. The number of fused-ring (bicyclic) bond motifs is 2. The highest BCUT2D eigenvalue weighted by Gasteiger charge is 2.39. The largest absolute Gasteiger partial charge is 0.324 e. The lowest BCUT2D eigenvalue weighted by Gasteiger charge is -2.17. The average molecular weight is 280 g/mol. The number of carbonyl (C=O) groups excluding carboxylic acids is 1. The third-order valence-electron chi connectivity index (χ3n) is 4.37. The Labute approximate surface area is 122 Å². The monoisotopic (exact) mass is 280 g/mol. The number of hydrogen-bond acceptors (Lipinski definition) is 3. The van der Waals surface area contributed by atoms with Gasteiger partial charge in [-0.25, -0.2) is 9.67 Å². The molecule has 5 heteroatoms. The van der Waals surface area contributed by atoms with Gasteiger partial charge < -0.3 is 5.32 Å². The first kappa shape index (κ1) is 12.3. The number of carbonyl (C=O) groups is 1. The summed E-state index contributed by atoms with van der Waals surface area (Å²) in [5, 5.41) is 7.10. The normalized spacial score (nSPS) is 26.2. The Kier molecular flexibility index (Phi) is 2.84. The summed E-state index contributed by atoms with van der Waals surface area (Å²) in [5.41, 5.74) is 0.739. The van der Waals surface area contributed by atoms with Gasteiger partial charge in [-0.2, -0.15) is 5.10 Å². The van der Waals surface area contributed by atoms with Crippen molar-refractivity contribution < 1.29 is 4.79 Å². The van der Waals surface area contributed by atoms with Gasteiger partial charge in [0.1, 0.15) is 0 Å². The summed E-state index contributed by atoms with van der Waals surface area (Å²) in [5.74, 6) is 1.99. The van der Waals surface area contributed by atoms with Crippen LogP contribution in [0.1, 0.15) is 12.8 Å². The minimum absolute atomic E-state index is 0.112. The van der Waals surface area contributed by atoms with Gasteiger partial charge >= 0.3 is 0 Å². The molecule has 2 heterocycles. The Morgan fingerprint density at radius 1 is 1.29 bits per heavy atom. The molecule has 0 spiro atoms. The van der Waals surface area contributed by atoms with Gasteiger partial charge in [-0.3, -0.25) is 4.79 Å². The molecule has 0 radical (unpaired) electrons. The number of rotatable bonds is 3. The van der Waals surface area contributed by atoms with E-state index in [1.165, 1.54) is 0 Å². The van der Waals surface area contributed by atoms with Gasteiger partial charge in [0.05, 0.1) is 11.9 Å². The van der Waals surface area contributed by atoms with Gasteiger partial charge in [-0.05, 0) is 42.9 Å². The van der Waals surface area contributed by atoms with Crippen LogP contribution in [0, 0.1) is 17.8 Å². The van der Waals surface area contributed by atoms with Crippen molar-refractivity contribution in [2.24, 2.45) is 17.8 Å². The maximum Gasteiger partial charge on any atom is 0.228 e. The molecule has 1 amide bonds. The molecule has 5 nitrogen and oxygen atoms in total. The van der Waals surface area contributed by atoms with Crippen molar-refractivity contribution in [2.75, 3.05) is 5.32 Å². The van der Waals surface area contributed by atoms with Crippen LogP contribution in [0.25, 0.3) is 5.82 Å². The molecule has 1 N–H and O–H groups in total. The van der Waals surface area contributed by atoms with E-state index in [9.17, 15) is 4.79 Å². The van der Waals surface area contributed by atoms with E-state index in [-0.39, 0.29) is 11.8 Å². The number of amides is 1. The number of nitrogens with zero attached hydrogens (tertiary/aromatic N) is 3. The van der Waals surface area contributed by atoms with Crippen molar-refractivity contribution in [3.8, 4) is 5.82 Å². The third-order valence-corrected chi connectivity index (χ3v) is 4.37. The number of pyridine rings is 1. The van der Waals surface area contributed by atoms with Crippen molar-refractivity contribution >= 4 is 11.6 Å². The molecule has 3 unspecified atom stereocenters. The Balaban J connectivity index is 1.45. The van der Waals surface area contributed by atoms with Crippen molar-refractivity contribution in [2.45, 2.75) is 12.8 Å². The Hall–Kier alpha value is -2.43. The molecule has 4 rings (SSSR count). The third kappa shape index (κ3) is 2.24. The zero-order valence-corrected chi connectivity index (χ0v) is 11.5. The van der Waals surface area contributed by atoms with Crippen LogP contribution in [-0.2, 0) is 4.79 Å². The number of aromatic nitrogens is 3. The number of anilines is 1. The van der Waals surface area contributed by atoms with Crippen LogP contribution in [0.4, 0.5) is 5.69 Å². The highest BCUT2D eigenvalue weighted by atomic mass is 16.1. The van der Waals surface area contributed by atoms with E-state index in [1.54, 1.807) is 17.1 Å². The molecule has 0 aromatic carbocycles. The molecular formula is C16H16N4O. The van der Waals surface area contributed by atoms with Gasteiger partial charge in [0.15, 0.2) is 5.82 Å². The molecule has 0 saturated heterocycles.